The molecule has 1 aromatic heterocycles. The lowest BCUT2D eigenvalue weighted by Gasteiger charge is -2.22. The first-order chi connectivity index (χ1) is 19.2. The lowest BCUT2D eigenvalue weighted by molar-refractivity contribution is -0.142. The van der Waals surface area contributed by atoms with Crippen LogP contribution in [0.25, 0.3) is 44.2 Å². The fraction of sp³-hybridized carbons (Fsp3) is 0.212. The van der Waals surface area contributed by atoms with Crippen LogP contribution in [-0.2, 0) is 14.3 Å². The summed E-state index contributed by atoms with van der Waals surface area (Å²) in [5, 5.41) is 4.84. The number of esters is 1. The van der Waals surface area contributed by atoms with E-state index in [2.05, 4.69) is 53.8 Å². The Morgan fingerprint density at radius 1 is 0.825 bits per heavy atom. The molecule has 5 aromatic rings. The second kappa shape index (κ2) is 11.5. The van der Waals surface area contributed by atoms with E-state index in [-0.39, 0.29) is 0 Å². The van der Waals surface area contributed by atoms with Gasteiger partial charge in [0.2, 0.25) is 0 Å². The zero-order valence-corrected chi connectivity index (χ0v) is 23.7. The second-order valence-corrected chi connectivity index (χ2v) is 11.5. The van der Waals surface area contributed by atoms with Gasteiger partial charge in [-0.2, -0.15) is 0 Å². The van der Waals surface area contributed by atoms with Crippen LogP contribution in [0.15, 0.2) is 100 Å². The Labute approximate surface area is 237 Å². The number of thioether (sulfide) groups is 1. The quantitative estimate of drug-likeness (QED) is 0.162. The first-order valence-electron chi connectivity index (χ1n) is 13.0. The number of carbonyl (C=O) groups excluding carboxylic acids is 2. The Hall–Kier alpha value is -4.23. The molecule has 204 valence electrons. The van der Waals surface area contributed by atoms with E-state index < -0.39 is 23.7 Å². The third kappa shape index (κ3) is 6.15. The normalized spacial score (nSPS) is 12.3. The van der Waals surface area contributed by atoms with Crippen LogP contribution in [0.1, 0.15) is 20.8 Å². The highest BCUT2D eigenvalue weighted by Crippen LogP contribution is 2.36. The molecule has 0 aliphatic rings. The van der Waals surface area contributed by atoms with Crippen LogP contribution in [0.2, 0.25) is 0 Å². The van der Waals surface area contributed by atoms with Gasteiger partial charge in [-0.25, -0.2) is 9.59 Å². The number of para-hydroxylation sites is 2. The van der Waals surface area contributed by atoms with E-state index >= 15 is 0 Å². The number of hydrogen-bond donors (Lipinski definition) is 1. The molecule has 0 spiro atoms. The van der Waals surface area contributed by atoms with Gasteiger partial charge < -0.3 is 19.2 Å². The fourth-order valence-corrected chi connectivity index (χ4v) is 5.41. The lowest BCUT2D eigenvalue weighted by Crippen LogP contribution is -2.45. The molecule has 0 saturated carbocycles. The predicted molar refractivity (Wildman–Crippen MR) is 160 cm³/mol. The maximum absolute atomic E-state index is 12.2. The van der Waals surface area contributed by atoms with Crippen LogP contribution in [0.5, 0.6) is 0 Å². The summed E-state index contributed by atoms with van der Waals surface area (Å²) < 4.78 is 16.3. The number of methoxy groups -OCH3 is 1. The van der Waals surface area contributed by atoms with E-state index in [9.17, 15) is 9.59 Å². The van der Waals surface area contributed by atoms with Gasteiger partial charge in [0.1, 0.15) is 22.8 Å². The van der Waals surface area contributed by atoms with E-state index in [1.165, 1.54) is 18.9 Å². The summed E-state index contributed by atoms with van der Waals surface area (Å²) in [5.41, 5.74) is 5.44. The monoisotopic (exact) mass is 553 g/mol. The van der Waals surface area contributed by atoms with Crippen molar-refractivity contribution in [1.82, 2.24) is 5.32 Å². The van der Waals surface area contributed by atoms with Gasteiger partial charge in [0, 0.05) is 27.0 Å². The summed E-state index contributed by atoms with van der Waals surface area (Å²) in [5.74, 6) is -0.207. The Morgan fingerprint density at radius 3 is 2.12 bits per heavy atom. The van der Waals surface area contributed by atoms with Gasteiger partial charge in [-0.1, -0.05) is 72.8 Å². The zero-order chi connectivity index (χ0) is 28.3. The molecule has 1 N–H and O–H groups in total. The van der Waals surface area contributed by atoms with Gasteiger partial charge in [-0.3, -0.25) is 0 Å². The molecule has 0 radical (unpaired) electrons. The van der Waals surface area contributed by atoms with Gasteiger partial charge in [0.25, 0.3) is 0 Å². The van der Waals surface area contributed by atoms with Crippen LogP contribution >= 0.6 is 11.8 Å². The zero-order valence-electron chi connectivity index (χ0n) is 22.9. The number of alkyl carbamates (subject to hydrolysis) is 1. The van der Waals surface area contributed by atoms with Gasteiger partial charge in [0.05, 0.1) is 7.11 Å². The maximum atomic E-state index is 12.2. The molecule has 4 aromatic carbocycles. The summed E-state index contributed by atoms with van der Waals surface area (Å²) in [6, 6.07) is 30.1. The number of carbonyl (C=O) groups is 2. The summed E-state index contributed by atoms with van der Waals surface area (Å²) in [6.45, 7) is 5.31. The van der Waals surface area contributed by atoms with Gasteiger partial charge in [0.15, 0.2) is 0 Å². The Kier molecular flexibility index (Phi) is 7.85. The third-order valence-electron chi connectivity index (χ3n) is 6.38. The molecule has 40 heavy (non-hydrogen) atoms. The first kappa shape index (κ1) is 27.3. The molecule has 0 bridgehead atoms. The van der Waals surface area contributed by atoms with Crippen molar-refractivity contribution in [2.75, 3.05) is 12.9 Å². The number of ether oxygens (including phenoxy) is 2. The van der Waals surface area contributed by atoms with E-state index in [0.29, 0.717) is 5.75 Å². The molecule has 1 heterocycles. The first-order valence-corrected chi connectivity index (χ1v) is 14.0. The maximum Gasteiger partial charge on any atom is 0.408 e. The minimum atomic E-state index is -0.826. The van der Waals surface area contributed by atoms with E-state index in [1.807, 2.05) is 42.5 Å². The molecular weight excluding hydrogens is 522 g/mol. The van der Waals surface area contributed by atoms with Crippen molar-refractivity contribution in [3.05, 3.63) is 91.0 Å². The number of furan rings is 1. The number of benzene rings is 4. The standard InChI is InChI=1S/C33H31NO5S/c1-33(2,3)39-32(36)34-28(31(35)37-4)20-40-24-18-16-22(17-19-24)21-12-14-23(15-13-21)25-9-7-10-27-26-8-5-6-11-29(26)38-30(25)27/h5-19,28H,20H2,1-4H3,(H,34,36). The van der Waals surface area contributed by atoms with Crippen molar-refractivity contribution in [3.8, 4) is 22.3 Å². The summed E-state index contributed by atoms with van der Waals surface area (Å²) in [4.78, 5) is 25.3. The summed E-state index contributed by atoms with van der Waals surface area (Å²) >= 11 is 1.46. The van der Waals surface area contributed by atoms with Gasteiger partial charge in [-0.15, -0.1) is 11.8 Å². The molecular formula is C33H31NO5S. The smallest absolute Gasteiger partial charge is 0.408 e. The Bertz CT molecular complexity index is 1650. The number of hydrogen-bond acceptors (Lipinski definition) is 6. The highest BCUT2D eigenvalue weighted by atomic mass is 32.2. The summed E-state index contributed by atoms with van der Waals surface area (Å²) in [6.07, 6.45) is -0.654. The number of fused-ring (bicyclic) bond motifs is 3. The number of nitrogens with one attached hydrogen (secondary N) is 1. The van der Waals surface area contributed by atoms with E-state index in [0.717, 1.165) is 49.1 Å². The summed E-state index contributed by atoms with van der Waals surface area (Å²) in [7, 11) is 1.30. The molecule has 5 rings (SSSR count). The highest BCUT2D eigenvalue weighted by Gasteiger charge is 2.25. The van der Waals surface area contributed by atoms with Crippen molar-refractivity contribution in [3.63, 3.8) is 0 Å². The van der Waals surface area contributed by atoms with Crippen LogP contribution in [0.4, 0.5) is 4.79 Å². The highest BCUT2D eigenvalue weighted by molar-refractivity contribution is 7.99. The average Bonchev–Trinajstić information content (AvgIpc) is 3.33. The molecule has 0 saturated heterocycles. The van der Waals surface area contributed by atoms with Crippen LogP contribution in [0.3, 0.4) is 0 Å². The molecule has 6 nitrogen and oxygen atoms in total. The molecule has 1 atom stereocenters. The van der Waals surface area contributed by atoms with Gasteiger partial charge in [-0.05, 0) is 55.7 Å². The van der Waals surface area contributed by atoms with Crippen molar-refractivity contribution in [2.24, 2.45) is 0 Å². The fourth-order valence-electron chi connectivity index (χ4n) is 4.50. The molecule has 0 aliphatic heterocycles. The van der Waals surface area contributed by atoms with Crippen molar-refractivity contribution in [1.29, 1.82) is 0 Å². The lowest BCUT2D eigenvalue weighted by atomic mass is 9.99. The molecule has 0 aliphatic carbocycles. The van der Waals surface area contributed by atoms with E-state index in [4.69, 9.17) is 13.9 Å². The van der Waals surface area contributed by atoms with Crippen molar-refractivity contribution >= 4 is 45.8 Å². The topological polar surface area (TPSA) is 77.8 Å². The third-order valence-corrected chi connectivity index (χ3v) is 7.49. The van der Waals surface area contributed by atoms with Crippen molar-refractivity contribution in [2.45, 2.75) is 37.3 Å². The Morgan fingerprint density at radius 2 is 1.45 bits per heavy atom. The van der Waals surface area contributed by atoms with Crippen LogP contribution in [0, 0.1) is 0 Å². The molecule has 0 fully saturated rings. The van der Waals surface area contributed by atoms with E-state index in [1.54, 1.807) is 20.8 Å². The number of amides is 1. The predicted octanol–water partition coefficient (Wildman–Crippen LogP) is 8.08. The minimum absolute atomic E-state index is 0.313. The minimum Gasteiger partial charge on any atom is -0.467 e. The largest absolute Gasteiger partial charge is 0.467 e. The van der Waals surface area contributed by atoms with Crippen molar-refractivity contribution < 1.29 is 23.5 Å². The average molecular weight is 554 g/mol. The molecule has 1 unspecified atom stereocenters. The molecule has 7 heteroatoms. The van der Waals surface area contributed by atoms with Crippen LogP contribution < -0.4 is 5.32 Å². The SMILES string of the molecule is COC(=O)C(CSc1ccc(-c2ccc(-c3cccc4c3oc3ccccc34)cc2)cc1)NC(=O)OC(C)(C)C. The Balaban J connectivity index is 1.27. The molecule has 1 amide bonds. The van der Waals surface area contributed by atoms with Crippen LogP contribution in [-0.4, -0.2) is 36.6 Å². The second-order valence-electron chi connectivity index (χ2n) is 10.4. The number of rotatable bonds is 7. The van der Waals surface area contributed by atoms with Gasteiger partial charge >= 0.3 is 12.1 Å².